The zero-order valence-corrected chi connectivity index (χ0v) is 11.1. The Labute approximate surface area is 107 Å². The van der Waals surface area contributed by atoms with Crippen molar-refractivity contribution in [2.24, 2.45) is 0 Å². The number of thioether (sulfide) groups is 1. The minimum atomic E-state index is 0.177. The number of hydrogen-bond donors (Lipinski definition) is 1. The van der Waals surface area contributed by atoms with Gasteiger partial charge in [-0.15, -0.1) is 0 Å². The van der Waals surface area contributed by atoms with Gasteiger partial charge in [0.05, 0.1) is 5.75 Å². The van der Waals surface area contributed by atoms with Crippen LogP contribution >= 0.6 is 11.8 Å². The molecule has 1 aromatic rings. The van der Waals surface area contributed by atoms with Crippen molar-refractivity contribution in [2.75, 3.05) is 18.1 Å². The maximum Gasteiger partial charge on any atom is 0.172 e. The summed E-state index contributed by atoms with van der Waals surface area (Å²) in [5.74, 6) is 1.53. The maximum absolute atomic E-state index is 11.8. The Morgan fingerprint density at radius 1 is 1.29 bits per heavy atom. The largest absolute Gasteiger partial charge is 0.396 e. The standard InChI is InChI=1S/C14H20O2S/c1-2-4-12-5-7-13(8-6-12)14(16)11-17-10-3-9-15/h5-8,15H,2-4,9-11H2,1H3. The van der Waals surface area contributed by atoms with Crippen molar-refractivity contribution in [1.82, 2.24) is 0 Å². The highest BCUT2D eigenvalue weighted by atomic mass is 32.2. The van der Waals surface area contributed by atoms with E-state index >= 15 is 0 Å². The minimum Gasteiger partial charge on any atom is -0.396 e. The fourth-order valence-corrected chi connectivity index (χ4v) is 2.39. The van der Waals surface area contributed by atoms with E-state index in [1.54, 1.807) is 11.8 Å². The van der Waals surface area contributed by atoms with E-state index < -0.39 is 0 Å². The number of aryl methyl sites for hydroxylation is 1. The summed E-state index contributed by atoms with van der Waals surface area (Å²) in [6, 6.07) is 7.91. The molecule has 94 valence electrons. The molecule has 1 aromatic carbocycles. The number of carbonyl (C=O) groups excluding carboxylic acids is 1. The molecule has 0 unspecified atom stereocenters. The highest BCUT2D eigenvalue weighted by Gasteiger charge is 2.05. The van der Waals surface area contributed by atoms with Gasteiger partial charge in [0.1, 0.15) is 0 Å². The summed E-state index contributed by atoms with van der Waals surface area (Å²) in [5.41, 5.74) is 2.08. The normalized spacial score (nSPS) is 10.5. The van der Waals surface area contributed by atoms with E-state index in [1.165, 1.54) is 5.56 Å². The van der Waals surface area contributed by atoms with Crippen LogP contribution in [0.15, 0.2) is 24.3 Å². The van der Waals surface area contributed by atoms with Crippen LogP contribution < -0.4 is 0 Å². The summed E-state index contributed by atoms with van der Waals surface area (Å²) < 4.78 is 0. The second-order valence-electron chi connectivity index (χ2n) is 4.00. The third kappa shape index (κ3) is 5.37. The lowest BCUT2D eigenvalue weighted by atomic mass is 10.1. The molecule has 0 saturated heterocycles. The molecule has 0 aromatic heterocycles. The second kappa shape index (κ2) is 8.31. The Morgan fingerprint density at radius 3 is 2.59 bits per heavy atom. The molecule has 0 aliphatic rings. The van der Waals surface area contributed by atoms with Crippen LogP contribution in [0.4, 0.5) is 0 Å². The number of aliphatic hydroxyl groups is 1. The number of hydrogen-bond acceptors (Lipinski definition) is 3. The molecule has 1 N–H and O–H groups in total. The first-order valence-electron chi connectivity index (χ1n) is 6.08. The molecule has 0 bridgehead atoms. The number of Topliss-reactive ketones (excluding diaryl/α,β-unsaturated/α-hetero) is 1. The molecule has 0 radical (unpaired) electrons. The number of carbonyl (C=O) groups is 1. The molecule has 1 rings (SSSR count). The highest BCUT2D eigenvalue weighted by Crippen LogP contribution is 2.11. The van der Waals surface area contributed by atoms with Crippen LogP contribution in [0, 0.1) is 0 Å². The number of rotatable bonds is 8. The van der Waals surface area contributed by atoms with E-state index in [2.05, 4.69) is 6.92 Å². The molecule has 0 saturated carbocycles. The van der Waals surface area contributed by atoms with Gasteiger partial charge >= 0.3 is 0 Å². The first-order valence-corrected chi connectivity index (χ1v) is 7.24. The second-order valence-corrected chi connectivity index (χ2v) is 5.11. The molecule has 0 fully saturated rings. The SMILES string of the molecule is CCCc1ccc(C(=O)CSCCCO)cc1. The molecule has 0 atom stereocenters. The van der Waals surface area contributed by atoms with Crippen LogP contribution in [0.25, 0.3) is 0 Å². The predicted octanol–water partition coefficient (Wildman–Crippen LogP) is 2.94. The van der Waals surface area contributed by atoms with Crippen molar-refractivity contribution in [2.45, 2.75) is 26.2 Å². The van der Waals surface area contributed by atoms with Gasteiger partial charge in [-0.25, -0.2) is 0 Å². The first kappa shape index (κ1) is 14.3. The van der Waals surface area contributed by atoms with E-state index in [1.807, 2.05) is 24.3 Å². The zero-order valence-electron chi connectivity index (χ0n) is 10.3. The summed E-state index contributed by atoms with van der Waals surface area (Å²) in [6.45, 7) is 2.35. The molecule has 0 heterocycles. The van der Waals surface area contributed by atoms with E-state index in [-0.39, 0.29) is 12.4 Å². The van der Waals surface area contributed by atoms with Crippen molar-refractivity contribution in [3.63, 3.8) is 0 Å². The molecular formula is C14H20O2S. The van der Waals surface area contributed by atoms with Gasteiger partial charge in [-0.1, -0.05) is 37.6 Å². The van der Waals surface area contributed by atoms with Crippen LogP contribution in [-0.4, -0.2) is 29.0 Å². The van der Waals surface area contributed by atoms with E-state index in [0.717, 1.165) is 30.6 Å². The van der Waals surface area contributed by atoms with Gasteiger partial charge in [-0.3, -0.25) is 4.79 Å². The van der Waals surface area contributed by atoms with Gasteiger partial charge in [0.15, 0.2) is 5.78 Å². The lowest BCUT2D eigenvalue weighted by Gasteiger charge is -2.03. The molecule has 0 aliphatic heterocycles. The summed E-state index contributed by atoms with van der Waals surface area (Å²) in [5, 5.41) is 8.63. The number of ketones is 1. The zero-order chi connectivity index (χ0) is 12.5. The molecule has 0 amide bonds. The summed E-state index contributed by atoms with van der Waals surface area (Å²) in [6.07, 6.45) is 2.96. The third-order valence-electron chi connectivity index (χ3n) is 2.49. The third-order valence-corrected chi connectivity index (χ3v) is 3.54. The average molecular weight is 252 g/mol. The molecule has 17 heavy (non-hydrogen) atoms. The number of aliphatic hydroxyl groups excluding tert-OH is 1. The summed E-state index contributed by atoms with van der Waals surface area (Å²) >= 11 is 1.59. The van der Waals surface area contributed by atoms with Gasteiger partial charge in [-0.2, -0.15) is 11.8 Å². The molecule has 3 heteroatoms. The van der Waals surface area contributed by atoms with Crippen molar-refractivity contribution in [3.05, 3.63) is 35.4 Å². The van der Waals surface area contributed by atoms with Crippen LogP contribution in [0.1, 0.15) is 35.7 Å². The van der Waals surface area contributed by atoms with E-state index in [4.69, 9.17) is 5.11 Å². The van der Waals surface area contributed by atoms with Crippen molar-refractivity contribution < 1.29 is 9.90 Å². The predicted molar refractivity (Wildman–Crippen MR) is 73.8 cm³/mol. The van der Waals surface area contributed by atoms with Crippen molar-refractivity contribution >= 4 is 17.5 Å². The Bertz CT molecular complexity index is 333. The summed E-state index contributed by atoms with van der Waals surface area (Å²) in [7, 11) is 0. The van der Waals surface area contributed by atoms with Gasteiger partial charge in [0, 0.05) is 12.2 Å². The monoisotopic (exact) mass is 252 g/mol. The molecule has 0 spiro atoms. The van der Waals surface area contributed by atoms with Crippen LogP contribution in [0.3, 0.4) is 0 Å². The smallest absolute Gasteiger partial charge is 0.172 e. The Balaban J connectivity index is 2.40. The fourth-order valence-electron chi connectivity index (χ4n) is 1.56. The minimum absolute atomic E-state index is 0.177. The van der Waals surface area contributed by atoms with Crippen LogP contribution in [-0.2, 0) is 6.42 Å². The summed E-state index contributed by atoms with van der Waals surface area (Å²) in [4.78, 5) is 11.8. The Kier molecular flexibility index (Phi) is 6.97. The lowest BCUT2D eigenvalue weighted by Crippen LogP contribution is -2.03. The molecular weight excluding hydrogens is 232 g/mol. The molecule has 0 aliphatic carbocycles. The lowest BCUT2D eigenvalue weighted by molar-refractivity contribution is 0.102. The van der Waals surface area contributed by atoms with Crippen molar-refractivity contribution in [3.8, 4) is 0 Å². The van der Waals surface area contributed by atoms with Gasteiger partial charge in [-0.05, 0) is 24.2 Å². The average Bonchev–Trinajstić information content (AvgIpc) is 2.36. The number of benzene rings is 1. The van der Waals surface area contributed by atoms with Gasteiger partial charge in [0.2, 0.25) is 0 Å². The van der Waals surface area contributed by atoms with Crippen molar-refractivity contribution in [1.29, 1.82) is 0 Å². The topological polar surface area (TPSA) is 37.3 Å². The Hall–Kier alpha value is -0.800. The molecule has 2 nitrogen and oxygen atoms in total. The first-order chi connectivity index (χ1) is 8.27. The van der Waals surface area contributed by atoms with Gasteiger partial charge < -0.3 is 5.11 Å². The Morgan fingerprint density at radius 2 is 2.00 bits per heavy atom. The van der Waals surface area contributed by atoms with Crippen LogP contribution in [0.2, 0.25) is 0 Å². The fraction of sp³-hybridized carbons (Fsp3) is 0.500. The van der Waals surface area contributed by atoms with Gasteiger partial charge in [0.25, 0.3) is 0 Å². The maximum atomic E-state index is 11.8. The van der Waals surface area contributed by atoms with E-state index in [9.17, 15) is 4.79 Å². The van der Waals surface area contributed by atoms with E-state index in [0.29, 0.717) is 5.75 Å². The quantitative estimate of drug-likeness (QED) is 0.571. The van der Waals surface area contributed by atoms with Crippen LogP contribution in [0.5, 0.6) is 0 Å². The highest BCUT2D eigenvalue weighted by molar-refractivity contribution is 7.99.